The van der Waals surface area contributed by atoms with Crippen molar-refractivity contribution < 1.29 is 14.6 Å². The molecule has 34 heavy (non-hydrogen) atoms. The van der Waals surface area contributed by atoms with Crippen LogP contribution in [0, 0.1) is 0 Å². The number of nitrogens with two attached hydrogens (primary N) is 1. The van der Waals surface area contributed by atoms with Crippen LogP contribution in [-0.2, 0) is 0 Å². The topological polar surface area (TPSA) is 79.0 Å². The zero-order valence-corrected chi connectivity index (χ0v) is 20.3. The maximum Gasteiger partial charge on any atom is 0.336 e. The van der Waals surface area contributed by atoms with Gasteiger partial charge in [-0.2, -0.15) is 0 Å². The number of fused-ring (bicyclic) bond motifs is 2. The molecule has 4 rings (SSSR count). The van der Waals surface area contributed by atoms with Crippen molar-refractivity contribution >= 4 is 17.3 Å². The van der Waals surface area contributed by atoms with E-state index in [1.165, 1.54) is 0 Å². The summed E-state index contributed by atoms with van der Waals surface area (Å²) in [5.74, 6) is 0.460. The monoisotopic (exact) mass is 459 g/mol. The number of benzene rings is 3. The molecule has 0 bridgehead atoms. The van der Waals surface area contributed by atoms with Crippen molar-refractivity contribution in [2.24, 2.45) is 5.73 Å². The third-order valence-electron chi connectivity index (χ3n) is 6.69. The van der Waals surface area contributed by atoms with Crippen LogP contribution in [0.25, 0.3) is 11.1 Å². The molecule has 6 nitrogen and oxygen atoms in total. The van der Waals surface area contributed by atoms with Gasteiger partial charge in [-0.15, -0.1) is 0 Å². The van der Waals surface area contributed by atoms with E-state index >= 15 is 0 Å². The summed E-state index contributed by atoms with van der Waals surface area (Å²) in [6.45, 7) is 11.9. The van der Waals surface area contributed by atoms with Crippen molar-refractivity contribution in [1.29, 1.82) is 0 Å². The zero-order chi connectivity index (χ0) is 24.4. The van der Waals surface area contributed by atoms with E-state index in [0.717, 1.165) is 60.0 Å². The van der Waals surface area contributed by atoms with Gasteiger partial charge in [0.2, 0.25) is 0 Å². The van der Waals surface area contributed by atoms with Crippen LogP contribution in [0.1, 0.15) is 55.2 Å². The van der Waals surface area contributed by atoms with E-state index in [0.29, 0.717) is 11.3 Å². The summed E-state index contributed by atoms with van der Waals surface area (Å²) >= 11 is 0. The fourth-order valence-corrected chi connectivity index (χ4v) is 4.84. The molecule has 3 N–H and O–H groups in total. The molecule has 0 saturated heterocycles. The lowest BCUT2D eigenvalue weighted by atomic mass is 9.86. The Morgan fingerprint density at radius 2 is 1.47 bits per heavy atom. The van der Waals surface area contributed by atoms with Gasteiger partial charge < -0.3 is 25.4 Å². The molecule has 1 atom stereocenters. The lowest BCUT2D eigenvalue weighted by Gasteiger charge is -2.32. The van der Waals surface area contributed by atoms with Crippen LogP contribution in [0.5, 0.6) is 11.5 Å². The average Bonchev–Trinajstić information content (AvgIpc) is 2.85. The Labute approximate surface area is 201 Å². The number of nitrogens with zero attached hydrogens (tertiary/aromatic N) is 2. The molecule has 3 aromatic carbocycles. The largest absolute Gasteiger partial charge is 0.478 e. The molecule has 6 heteroatoms. The minimum atomic E-state index is -0.966. The maximum absolute atomic E-state index is 12.1. The number of ether oxygens (including phenoxy) is 1. The molecule has 1 heterocycles. The van der Waals surface area contributed by atoms with Crippen LogP contribution in [0.2, 0.25) is 0 Å². The summed E-state index contributed by atoms with van der Waals surface area (Å²) in [6.07, 6.45) is 0. The van der Waals surface area contributed by atoms with E-state index in [1.54, 1.807) is 12.1 Å². The molecule has 1 aliphatic heterocycles. The molecule has 1 unspecified atom stereocenters. The Morgan fingerprint density at radius 1 is 0.853 bits per heavy atom. The Balaban J connectivity index is 1.94. The van der Waals surface area contributed by atoms with Gasteiger partial charge in [0.05, 0.1) is 11.6 Å². The van der Waals surface area contributed by atoms with Gasteiger partial charge in [0.1, 0.15) is 11.5 Å². The molecule has 0 saturated carbocycles. The number of carboxylic acids is 1. The van der Waals surface area contributed by atoms with Crippen LogP contribution in [0.4, 0.5) is 11.4 Å². The predicted molar refractivity (Wildman–Crippen MR) is 139 cm³/mol. The number of anilines is 2. The van der Waals surface area contributed by atoms with E-state index in [1.807, 2.05) is 30.3 Å². The highest BCUT2D eigenvalue weighted by Crippen LogP contribution is 2.49. The summed E-state index contributed by atoms with van der Waals surface area (Å²) in [6, 6.07) is 16.9. The Kier molecular flexibility index (Phi) is 6.80. The molecule has 0 aromatic heterocycles. The molecular weight excluding hydrogens is 426 g/mol. The standard InChI is InChI=1S/C28H33N3O3/c1-5-30(6-2)18-13-14-22-24(16-18)34-25-17-19(31(7-3)8-4)15-23(26(25)27(22)29)20-11-9-10-12-21(20)28(32)33/h9-17,27H,5-8,29H2,1-4H3,(H,32,33). The Hall–Kier alpha value is -3.51. The summed E-state index contributed by atoms with van der Waals surface area (Å²) < 4.78 is 6.49. The Bertz CT molecular complexity index is 1200. The minimum absolute atomic E-state index is 0.247. The molecule has 1 aliphatic rings. The van der Waals surface area contributed by atoms with Crippen molar-refractivity contribution in [2.45, 2.75) is 33.7 Å². The predicted octanol–water partition coefficient (Wildman–Crippen LogP) is 5.90. The van der Waals surface area contributed by atoms with E-state index < -0.39 is 12.0 Å². The summed E-state index contributed by atoms with van der Waals surface area (Å²) in [4.78, 5) is 16.6. The first kappa shape index (κ1) is 23.6. The van der Waals surface area contributed by atoms with E-state index in [9.17, 15) is 9.90 Å². The van der Waals surface area contributed by atoms with E-state index in [4.69, 9.17) is 10.5 Å². The number of hydrogen-bond donors (Lipinski definition) is 2. The number of carbonyl (C=O) groups is 1. The fraction of sp³-hybridized carbons (Fsp3) is 0.321. The highest BCUT2D eigenvalue weighted by Gasteiger charge is 2.30. The second-order valence-corrected chi connectivity index (χ2v) is 8.40. The molecule has 3 aromatic rings. The van der Waals surface area contributed by atoms with E-state index in [-0.39, 0.29) is 5.56 Å². The second-order valence-electron chi connectivity index (χ2n) is 8.40. The first-order valence-corrected chi connectivity index (χ1v) is 12.0. The lowest BCUT2D eigenvalue weighted by Crippen LogP contribution is -2.25. The van der Waals surface area contributed by atoms with Crippen molar-refractivity contribution in [1.82, 2.24) is 0 Å². The first-order chi connectivity index (χ1) is 16.4. The highest BCUT2D eigenvalue weighted by atomic mass is 16.5. The van der Waals surface area contributed by atoms with Crippen LogP contribution in [-0.4, -0.2) is 37.3 Å². The fourth-order valence-electron chi connectivity index (χ4n) is 4.84. The van der Waals surface area contributed by atoms with Crippen molar-refractivity contribution in [3.8, 4) is 22.6 Å². The van der Waals surface area contributed by atoms with Crippen LogP contribution in [0.15, 0.2) is 54.6 Å². The van der Waals surface area contributed by atoms with Crippen LogP contribution in [0.3, 0.4) is 0 Å². The molecular formula is C28H33N3O3. The van der Waals surface area contributed by atoms with Crippen molar-refractivity contribution in [2.75, 3.05) is 36.0 Å². The Morgan fingerprint density at radius 3 is 2.12 bits per heavy atom. The van der Waals surface area contributed by atoms with Gasteiger partial charge in [-0.3, -0.25) is 0 Å². The number of aromatic carboxylic acids is 1. The third kappa shape index (κ3) is 4.10. The lowest BCUT2D eigenvalue weighted by molar-refractivity contribution is 0.0697. The molecule has 178 valence electrons. The molecule has 0 spiro atoms. The SMILES string of the molecule is CCN(CC)c1ccc2c(c1)Oc1cc(N(CC)CC)cc(-c3ccccc3C(=O)O)c1C2N. The minimum Gasteiger partial charge on any atom is -0.478 e. The first-order valence-electron chi connectivity index (χ1n) is 12.0. The van der Waals surface area contributed by atoms with E-state index in [2.05, 4.69) is 49.6 Å². The van der Waals surface area contributed by atoms with Gasteiger partial charge in [0.15, 0.2) is 0 Å². The van der Waals surface area contributed by atoms with Gasteiger partial charge in [-0.25, -0.2) is 4.79 Å². The number of hydrogen-bond acceptors (Lipinski definition) is 5. The summed E-state index contributed by atoms with van der Waals surface area (Å²) in [7, 11) is 0. The zero-order valence-electron chi connectivity index (χ0n) is 20.3. The number of carboxylic acid groups (broad SMARTS) is 1. The highest BCUT2D eigenvalue weighted by molar-refractivity contribution is 5.97. The smallest absolute Gasteiger partial charge is 0.336 e. The summed E-state index contributed by atoms with van der Waals surface area (Å²) in [5.41, 5.74) is 12.3. The normalized spacial score (nSPS) is 14.1. The second kappa shape index (κ2) is 9.77. The van der Waals surface area contributed by atoms with Gasteiger partial charge in [-0.05, 0) is 57.0 Å². The van der Waals surface area contributed by atoms with Gasteiger partial charge >= 0.3 is 5.97 Å². The molecule has 0 fully saturated rings. The maximum atomic E-state index is 12.1. The molecule has 0 amide bonds. The average molecular weight is 460 g/mol. The van der Waals surface area contributed by atoms with Crippen LogP contribution >= 0.6 is 0 Å². The molecule has 0 radical (unpaired) electrons. The van der Waals surface area contributed by atoms with Crippen molar-refractivity contribution in [3.05, 3.63) is 71.3 Å². The quantitative estimate of drug-likeness (QED) is 0.437. The van der Waals surface area contributed by atoms with Gasteiger partial charge in [0.25, 0.3) is 0 Å². The van der Waals surface area contributed by atoms with Crippen LogP contribution < -0.4 is 20.3 Å². The van der Waals surface area contributed by atoms with Gasteiger partial charge in [-0.1, -0.05) is 24.3 Å². The van der Waals surface area contributed by atoms with Crippen molar-refractivity contribution in [3.63, 3.8) is 0 Å². The molecule has 0 aliphatic carbocycles. The third-order valence-corrected chi connectivity index (χ3v) is 6.69. The van der Waals surface area contributed by atoms with Gasteiger partial charge in [0, 0.05) is 60.8 Å². The summed E-state index contributed by atoms with van der Waals surface area (Å²) in [5, 5.41) is 9.88. The number of rotatable bonds is 8.